The molecule has 1 heterocycles. The number of benzene rings is 2. The molecule has 5 nitrogen and oxygen atoms in total. The Balaban J connectivity index is 1.48. The first-order chi connectivity index (χ1) is 12.6. The zero-order valence-electron chi connectivity index (χ0n) is 14.8. The fourth-order valence-corrected chi connectivity index (χ4v) is 2.88. The number of carbonyl (C=O) groups excluding carboxylic acids is 1. The number of hydrogen-bond donors (Lipinski definition) is 1. The molecule has 0 radical (unpaired) electrons. The molecule has 1 saturated heterocycles. The Morgan fingerprint density at radius 2 is 1.81 bits per heavy atom. The summed E-state index contributed by atoms with van der Waals surface area (Å²) in [5, 5.41) is 3.54. The fraction of sp³-hybridized carbons (Fsp3) is 0.350. The van der Waals surface area contributed by atoms with Crippen molar-refractivity contribution in [2.24, 2.45) is 0 Å². The van der Waals surface area contributed by atoms with Crippen LogP contribution in [0.2, 0.25) is 5.02 Å². The second kappa shape index (κ2) is 8.92. The Labute approximate surface area is 158 Å². The average molecular weight is 375 g/mol. The Morgan fingerprint density at radius 1 is 1.15 bits per heavy atom. The summed E-state index contributed by atoms with van der Waals surface area (Å²) in [5.41, 5.74) is 2.23. The summed E-state index contributed by atoms with van der Waals surface area (Å²) in [7, 11) is 0. The summed E-state index contributed by atoms with van der Waals surface area (Å²) in [6.45, 7) is 5.56. The van der Waals surface area contributed by atoms with Crippen LogP contribution in [-0.4, -0.2) is 38.3 Å². The zero-order chi connectivity index (χ0) is 18.4. The molecule has 1 aliphatic heterocycles. The van der Waals surface area contributed by atoms with Gasteiger partial charge in [-0.2, -0.15) is 0 Å². The van der Waals surface area contributed by atoms with E-state index in [0.29, 0.717) is 17.3 Å². The van der Waals surface area contributed by atoms with Crippen molar-refractivity contribution in [1.82, 2.24) is 5.32 Å². The SMILES string of the molecule is C[C@@H](Oc1ccc(Cl)cc1)C(=O)NCc1ccc(N2CCOCC2)cc1. The average Bonchev–Trinajstić information content (AvgIpc) is 2.69. The van der Waals surface area contributed by atoms with Gasteiger partial charge in [0.2, 0.25) is 0 Å². The van der Waals surface area contributed by atoms with Gasteiger partial charge in [0.25, 0.3) is 5.91 Å². The minimum atomic E-state index is -0.580. The number of amides is 1. The number of hydrogen-bond acceptors (Lipinski definition) is 4. The predicted octanol–water partition coefficient (Wildman–Crippen LogP) is 3.26. The highest BCUT2D eigenvalue weighted by molar-refractivity contribution is 6.30. The highest BCUT2D eigenvalue weighted by atomic mass is 35.5. The van der Waals surface area contributed by atoms with Gasteiger partial charge in [-0.3, -0.25) is 4.79 Å². The van der Waals surface area contributed by atoms with Crippen molar-refractivity contribution in [3.63, 3.8) is 0 Å². The summed E-state index contributed by atoms with van der Waals surface area (Å²) in [5.74, 6) is 0.462. The van der Waals surface area contributed by atoms with Crippen molar-refractivity contribution in [2.45, 2.75) is 19.6 Å². The summed E-state index contributed by atoms with van der Waals surface area (Å²) in [6.07, 6.45) is -0.580. The molecule has 0 aromatic heterocycles. The van der Waals surface area contributed by atoms with Gasteiger partial charge in [0.15, 0.2) is 6.10 Å². The lowest BCUT2D eigenvalue weighted by Crippen LogP contribution is -2.36. The minimum absolute atomic E-state index is 0.155. The Kier molecular flexibility index (Phi) is 6.36. The smallest absolute Gasteiger partial charge is 0.261 e. The van der Waals surface area contributed by atoms with Crippen LogP contribution in [0.15, 0.2) is 48.5 Å². The zero-order valence-corrected chi connectivity index (χ0v) is 15.5. The molecule has 1 aliphatic rings. The van der Waals surface area contributed by atoms with Crippen LogP contribution in [0.5, 0.6) is 5.75 Å². The van der Waals surface area contributed by atoms with E-state index < -0.39 is 6.10 Å². The fourth-order valence-electron chi connectivity index (χ4n) is 2.75. The van der Waals surface area contributed by atoms with Gasteiger partial charge >= 0.3 is 0 Å². The lowest BCUT2D eigenvalue weighted by atomic mass is 10.2. The van der Waals surface area contributed by atoms with E-state index >= 15 is 0 Å². The second-order valence-corrected chi connectivity index (χ2v) is 6.63. The lowest BCUT2D eigenvalue weighted by Gasteiger charge is -2.28. The van der Waals surface area contributed by atoms with Crippen molar-refractivity contribution in [2.75, 3.05) is 31.2 Å². The van der Waals surface area contributed by atoms with Crippen LogP contribution in [0.4, 0.5) is 5.69 Å². The number of rotatable bonds is 6. The molecule has 1 atom stereocenters. The lowest BCUT2D eigenvalue weighted by molar-refractivity contribution is -0.127. The maximum Gasteiger partial charge on any atom is 0.261 e. The van der Waals surface area contributed by atoms with Gasteiger partial charge in [-0.05, 0) is 48.9 Å². The molecule has 1 fully saturated rings. The quantitative estimate of drug-likeness (QED) is 0.843. The Hall–Kier alpha value is -2.24. The Morgan fingerprint density at radius 3 is 2.46 bits per heavy atom. The molecule has 6 heteroatoms. The summed E-state index contributed by atoms with van der Waals surface area (Å²) < 4.78 is 11.0. The molecule has 2 aromatic rings. The van der Waals surface area contributed by atoms with Crippen LogP contribution in [0, 0.1) is 0 Å². The van der Waals surface area contributed by atoms with Gasteiger partial charge in [0, 0.05) is 30.3 Å². The molecule has 2 aromatic carbocycles. The summed E-state index contributed by atoms with van der Waals surface area (Å²) in [6, 6.07) is 15.2. The van der Waals surface area contributed by atoms with E-state index in [1.807, 2.05) is 12.1 Å². The van der Waals surface area contributed by atoms with Crippen molar-refractivity contribution < 1.29 is 14.3 Å². The molecule has 0 saturated carbocycles. The number of nitrogens with zero attached hydrogens (tertiary/aromatic N) is 1. The second-order valence-electron chi connectivity index (χ2n) is 6.20. The molecule has 0 aliphatic carbocycles. The van der Waals surface area contributed by atoms with Crippen LogP contribution >= 0.6 is 11.6 Å². The van der Waals surface area contributed by atoms with Crippen LogP contribution in [0.3, 0.4) is 0 Å². The van der Waals surface area contributed by atoms with E-state index in [1.165, 1.54) is 5.69 Å². The maximum absolute atomic E-state index is 12.2. The first-order valence-electron chi connectivity index (χ1n) is 8.73. The topological polar surface area (TPSA) is 50.8 Å². The number of ether oxygens (including phenoxy) is 2. The van der Waals surface area contributed by atoms with Crippen molar-refractivity contribution in [1.29, 1.82) is 0 Å². The third-order valence-corrected chi connectivity index (χ3v) is 4.53. The standard InChI is InChI=1S/C20H23ClN2O3/c1-15(26-19-8-4-17(21)5-9-19)20(24)22-14-16-2-6-18(7-3-16)23-10-12-25-13-11-23/h2-9,15H,10-14H2,1H3,(H,22,24)/t15-/m1/s1. The molecule has 0 unspecified atom stereocenters. The number of morpholine rings is 1. The highest BCUT2D eigenvalue weighted by Crippen LogP contribution is 2.18. The summed E-state index contributed by atoms with van der Waals surface area (Å²) in [4.78, 5) is 14.5. The van der Waals surface area contributed by atoms with Gasteiger partial charge in [0.1, 0.15) is 5.75 Å². The van der Waals surface area contributed by atoms with E-state index in [-0.39, 0.29) is 5.91 Å². The molecule has 26 heavy (non-hydrogen) atoms. The summed E-state index contributed by atoms with van der Waals surface area (Å²) >= 11 is 5.84. The number of halogens is 1. The molecular weight excluding hydrogens is 352 g/mol. The number of carbonyl (C=O) groups is 1. The molecule has 138 valence electrons. The molecule has 0 spiro atoms. The number of anilines is 1. The highest BCUT2D eigenvalue weighted by Gasteiger charge is 2.15. The van der Waals surface area contributed by atoms with Crippen molar-refractivity contribution in [3.05, 3.63) is 59.1 Å². The Bertz CT molecular complexity index is 713. The van der Waals surface area contributed by atoms with Gasteiger partial charge in [-0.1, -0.05) is 23.7 Å². The van der Waals surface area contributed by atoms with Crippen LogP contribution in [0.1, 0.15) is 12.5 Å². The van der Waals surface area contributed by atoms with Crippen LogP contribution in [0.25, 0.3) is 0 Å². The third kappa shape index (κ3) is 5.13. The van der Waals surface area contributed by atoms with E-state index in [0.717, 1.165) is 31.9 Å². The van der Waals surface area contributed by atoms with E-state index in [9.17, 15) is 4.79 Å². The normalized spacial score (nSPS) is 15.4. The molecule has 3 rings (SSSR count). The minimum Gasteiger partial charge on any atom is -0.481 e. The largest absolute Gasteiger partial charge is 0.481 e. The van der Waals surface area contributed by atoms with Crippen molar-refractivity contribution in [3.8, 4) is 5.75 Å². The van der Waals surface area contributed by atoms with Crippen LogP contribution in [-0.2, 0) is 16.1 Å². The molecule has 1 amide bonds. The van der Waals surface area contributed by atoms with Gasteiger partial charge < -0.3 is 19.7 Å². The van der Waals surface area contributed by atoms with Gasteiger partial charge in [0.05, 0.1) is 13.2 Å². The monoisotopic (exact) mass is 374 g/mol. The maximum atomic E-state index is 12.2. The first kappa shape index (κ1) is 18.5. The predicted molar refractivity (Wildman–Crippen MR) is 103 cm³/mol. The van der Waals surface area contributed by atoms with E-state index in [2.05, 4.69) is 22.3 Å². The molecular formula is C20H23ClN2O3. The van der Waals surface area contributed by atoms with Crippen molar-refractivity contribution >= 4 is 23.2 Å². The molecule has 0 bridgehead atoms. The molecule has 1 N–H and O–H groups in total. The van der Waals surface area contributed by atoms with E-state index in [4.69, 9.17) is 21.1 Å². The van der Waals surface area contributed by atoms with Gasteiger partial charge in [-0.15, -0.1) is 0 Å². The third-order valence-electron chi connectivity index (χ3n) is 4.28. The first-order valence-corrected chi connectivity index (χ1v) is 9.11. The van der Waals surface area contributed by atoms with Gasteiger partial charge in [-0.25, -0.2) is 0 Å². The van der Waals surface area contributed by atoms with Crippen LogP contribution < -0.4 is 15.0 Å². The van der Waals surface area contributed by atoms with E-state index in [1.54, 1.807) is 31.2 Å². The number of nitrogens with one attached hydrogen (secondary N) is 1.